The van der Waals surface area contributed by atoms with Crippen LogP contribution in [-0.4, -0.2) is 28.2 Å². The number of azo groups is 2. The summed E-state index contributed by atoms with van der Waals surface area (Å²) < 4.78 is 0. The van der Waals surface area contributed by atoms with Crippen LogP contribution in [0.4, 0.5) is 38.9 Å². The van der Waals surface area contributed by atoms with E-state index in [0.29, 0.717) is 22.7 Å². The number of hydrogen-bond acceptors (Lipinski definition) is 11. The number of nitrogens with zero attached hydrogens (tertiary/aromatic N) is 4. The van der Waals surface area contributed by atoms with Gasteiger partial charge in [-0.2, -0.15) is 20.5 Å². The Morgan fingerprint density at radius 2 is 0.854 bits per heavy atom. The number of urea groups is 1. The molecule has 0 atom stereocenters. The number of anilines is 2. The van der Waals surface area contributed by atoms with E-state index in [1.807, 2.05) is 0 Å². The predicted molar refractivity (Wildman–Crippen MR) is 139 cm³/mol. The average molecular weight is 578 g/mol. The quantitative estimate of drug-likeness (QED) is 0.178. The summed E-state index contributed by atoms with van der Waals surface area (Å²) in [7, 11) is 0. The van der Waals surface area contributed by atoms with E-state index in [0.717, 1.165) is 12.1 Å². The number of benzene rings is 4. The number of rotatable bonds is 8. The summed E-state index contributed by atoms with van der Waals surface area (Å²) in [6.07, 6.45) is 0. The molecule has 4 N–H and O–H groups in total. The Kier molecular flexibility index (Phi) is 10.8. The van der Waals surface area contributed by atoms with Crippen LogP contribution in [0.5, 0.6) is 11.5 Å². The van der Waals surface area contributed by atoms with E-state index in [-0.39, 0.29) is 62.8 Å². The van der Waals surface area contributed by atoms with Crippen molar-refractivity contribution in [1.29, 1.82) is 0 Å². The summed E-state index contributed by atoms with van der Waals surface area (Å²) >= 11 is 0. The van der Waals surface area contributed by atoms with E-state index in [1.165, 1.54) is 24.3 Å². The van der Waals surface area contributed by atoms with Crippen LogP contribution in [0.15, 0.2) is 105 Å². The number of carbonyl (C=O) groups is 3. The van der Waals surface area contributed by atoms with Crippen LogP contribution in [0.25, 0.3) is 0 Å². The number of phenols is 2. The molecule has 4 rings (SSSR count). The number of carboxylic acids is 2. The minimum absolute atomic E-state index is 0. The molecule has 0 aromatic heterocycles. The summed E-state index contributed by atoms with van der Waals surface area (Å²) in [6.45, 7) is 0. The molecule has 0 aliphatic heterocycles. The van der Waals surface area contributed by atoms with Crippen molar-refractivity contribution in [1.82, 2.24) is 0 Å². The molecule has 200 valence electrons. The first kappa shape index (κ1) is 31.1. The van der Waals surface area contributed by atoms with Gasteiger partial charge in [-0.1, -0.05) is 0 Å². The van der Waals surface area contributed by atoms with Gasteiger partial charge < -0.3 is 40.6 Å². The SMILES string of the molecule is O=C(Nc1ccc(N=Nc2ccc(O)c(C(=O)[O-])c2)cc1)Nc1ccc(N=Nc2ccc(O)c(C(=O)[O-])c2)cc1.[K+]. The number of carbonyl (C=O) groups excluding carboxylic acids is 3. The van der Waals surface area contributed by atoms with Crippen molar-refractivity contribution in [2.24, 2.45) is 20.5 Å². The minimum atomic E-state index is -1.54. The van der Waals surface area contributed by atoms with Crippen LogP contribution in [0.3, 0.4) is 0 Å². The van der Waals surface area contributed by atoms with Crippen LogP contribution >= 0.6 is 0 Å². The Hall–Kier alpha value is -4.47. The number of carboxylic acid groups (broad SMARTS) is 2. The van der Waals surface area contributed by atoms with E-state index in [1.54, 1.807) is 48.5 Å². The fourth-order valence-corrected chi connectivity index (χ4v) is 3.25. The van der Waals surface area contributed by atoms with Gasteiger partial charge in [0.1, 0.15) is 11.5 Å². The number of hydrogen-bond donors (Lipinski definition) is 4. The van der Waals surface area contributed by atoms with Crippen LogP contribution in [-0.2, 0) is 0 Å². The van der Waals surface area contributed by atoms with E-state index < -0.39 is 40.6 Å². The van der Waals surface area contributed by atoms with Gasteiger partial charge in [0.2, 0.25) is 0 Å². The molecule has 0 unspecified atom stereocenters. The maximum atomic E-state index is 12.3. The van der Waals surface area contributed by atoms with E-state index in [9.17, 15) is 34.8 Å². The number of nitrogens with one attached hydrogen (secondary N) is 2. The van der Waals surface area contributed by atoms with Gasteiger partial charge in [-0.05, 0) is 84.9 Å². The molecular weight excluding hydrogens is 559 g/mol. The molecule has 2 amide bonds. The first-order valence-electron chi connectivity index (χ1n) is 11.4. The Bertz CT molecular complexity index is 1520. The average Bonchev–Trinajstić information content (AvgIpc) is 2.93. The minimum Gasteiger partial charge on any atom is -0.545 e. The molecule has 0 heterocycles. The molecule has 0 bridgehead atoms. The first-order valence-corrected chi connectivity index (χ1v) is 11.4. The maximum absolute atomic E-state index is 12.3. The monoisotopic (exact) mass is 577 g/mol. The number of aromatic hydroxyl groups is 2. The molecule has 41 heavy (non-hydrogen) atoms. The molecule has 0 fully saturated rings. The molecule has 13 nitrogen and oxygen atoms in total. The zero-order chi connectivity index (χ0) is 28.6. The van der Waals surface area contributed by atoms with Gasteiger partial charge >= 0.3 is 57.4 Å². The van der Waals surface area contributed by atoms with Crippen molar-refractivity contribution in [2.75, 3.05) is 10.6 Å². The second-order valence-corrected chi connectivity index (χ2v) is 8.05. The smallest absolute Gasteiger partial charge is 0.545 e. The third-order valence-electron chi connectivity index (χ3n) is 5.21. The van der Waals surface area contributed by atoms with Gasteiger partial charge in [-0.15, -0.1) is 0 Å². The molecule has 0 radical (unpaired) electrons. The molecule has 14 heteroatoms. The van der Waals surface area contributed by atoms with E-state index in [2.05, 4.69) is 31.1 Å². The molecule has 0 saturated carbocycles. The van der Waals surface area contributed by atoms with Gasteiger partial charge in [-0.3, -0.25) is 0 Å². The molecule has 4 aromatic rings. The molecule has 0 aliphatic carbocycles. The maximum Gasteiger partial charge on any atom is 1.00 e. The van der Waals surface area contributed by atoms with Crippen LogP contribution in [0.2, 0.25) is 0 Å². The molecule has 0 spiro atoms. The second-order valence-electron chi connectivity index (χ2n) is 8.05. The zero-order valence-corrected chi connectivity index (χ0v) is 24.4. The Balaban J connectivity index is 0.00000462. The normalized spacial score (nSPS) is 10.7. The van der Waals surface area contributed by atoms with E-state index >= 15 is 0 Å². The van der Waals surface area contributed by atoms with Crippen molar-refractivity contribution in [3.05, 3.63) is 96.1 Å². The van der Waals surface area contributed by atoms with Crippen LogP contribution < -0.4 is 72.2 Å². The van der Waals surface area contributed by atoms with Gasteiger partial charge in [0.25, 0.3) is 0 Å². The molecule has 4 aromatic carbocycles. The van der Waals surface area contributed by atoms with Gasteiger partial charge in [0, 0.05) is 22.5 Å². The largest absolute Gasteiger partial charge is 1.00 e. The van der Waals surface area contributed by atoms with Crippen molar-refractivity contribution in [3.8, 4) is 11.5 Å². The third kappa shape index (κ3) is 8.76. The van der Waals surface area contributed by atoms with Crippen molar-refractivity contribution < 1.29 is 86.2 Å². The summed E-state index contributed by atoms with van der Waals surface area (Å²) in [4.78, 5) is 34.4. The summed E-state index contributed by atoms with van der Waals surface area (Å²) in [5.74, 6) is -3.94. The summed E-state index contributed by atoms with van der Waals surface area (Å²) in [5, 5.41) is 62.2. The van der Waals surface area contributed by atoms with Gasteiger partial charge in [-0.25, -0.2) is 4.79 Å². The standard InChI is InChI=1S/C27H20N6O7.K/c34-23-11-9-19(13-21(23)25(36)37)32-30-17-5-1-15(2-6-17)28-27(40)29-16-3-7-18(8-4-16)31-33-20-10-12-24(35)22(14-20)26(38)39;/h1-14,34-35H,(H,36,37)(H,38,39)(H2,28,29,40);/q;+1/p-2. The molecule has 0 aliphatic rings. The van der Waals surface area contributed by atoms with E-state index in [4.69, 9.17) is 0 Å². The van der Waals surface area contributed by atoms with Crippen LogP contribution in [0, 0.1) is 0 Å². The second kappa shape index (κ2) is 14.2. The van der Waals surface area contributed by atoms with Crippen molar-refractivity contribution in [3.63, 3.8) is 0 Å². The first-order chi connectivity index (χ1) is 19.2. The Labute approximate surface area is 274 Å². The Morgan fingerprint density at radius 3 is 1.20 bits per heavy atom. The van der Waals surface area contributed by atoms with Crippen LogP contribution in [0.1, 0.15) is 20.7 Å². The third-order valence-corrected chi connectivity index (χ3v) is 5.21. The molecule has 0 saturated heterocycles. The fraction of sp³-hybridized carbons (Fsp3) is 0. The van der Waals surface area contributed by atoms with Gasteiger partial charge in [0.05, 0.1) is 34.7 Å². The van der Waals surface area contributed by atoms with Crippen molar-refractivity contribution in [2.45, 2.75) is 0 Å². The summed E-state index contributed by atoms with van der Waals surface area (Å²) in [5.41, 5.74) is 1.41. The Morgan fingerprint density at radius 1 is 0.537 bits per heavy atom. The van der Waals surface area contributed by atoms with Gasteiger partial charge in [0.15, 0.2) is 0 Å². The number of amides is 2. The summed E-state index contributed by atoms with van der Waals surface area (Å²) in [6, 6.07) is 19.6. The van der Waals surface area contributed by atoms with Crippen molar-refractivity contribution >= 4 is 52.1 Å². The number of aromatic carboxylic acids is 2. The zero-order valence-electron chi connectivity index (χ0n) is 21.3. The molecular formula is C27H18KN6O7-. The predicted octanol–water partition coefficient (Wildman–Crippen LogP) is 1.30. The topological polar surface area (TPSA) is 211 Å². The fourth-order valence-electron chi connectivity index (χ4n) is 3.25.